The van der Waals surface area contributed by atoms with E-state index >= 15 is 0 Å². The Bertz CT molecular complexity index is 918. The lowest BCUT2D eigenvalue weighted by Crippen LogP contribution is -2.38. The van der Waals surface area contributed by atoms with Gasteiger partial charge in [0.25, 0.3) is 0 Å². The number of fused-ring (bicyclic) bond motifs is 1. The maximum absolute atomic E-state index is 13.2. The van der Waals surface area contributed by atoms with Crippen LogP contribution in [-0.4, -0.2) is 42.1 Å². The predicted octanol–water partition coefficient (Wildman–Crippen LogP) is 2.43. The second-order valence-corrected chi connectivity index (χ2v) is 8.06. The standard InChI is InChI=1S/C16H16F3N3O3S/c1-22(26(2,23)24)14-11-6-4-3-5-10(11)7-13(14)25-15-12(16(17,18)19)8-20-9-21-15/h3-6,8-9,13-14H,7H2,1-2H3/t13-,14-/m1/s1. The van der Waals surface area contributed by atoms with Crippen LogP contribution in [0.3, 0.4) is 0 Å². The molecule has 1 aliphatic rings. The molecule has 10 heteroatoms. The molecule has 140 valence electrons. The van der Waals surface area contributed by atoms with Crippen LogP contribution in [0.2, 0.25) is 0 Å². The molecule has 0 bridgehead atoms. The Balaban J connectivity index is 2.00. The van der Waals surface area contributed by atoms with E-state index in [1.165, 1.54) is 7.05 Å². The molecule has 1 aliphatic carbocycles. The molecule has 0 amide bonds. The van der Waals surface area contributed by atoms with Crippen molar-refractivity contribution in [3.63, 3.8) is 0 Å². The monoisotopic (exact) mass is 387 g/mol. The van der Waals surface area contributed by atoms with Gasteiger partial charge in [-0.05, 0) is 11.1 Å². The molecule has 1 heterocycles. The Kier molecular flexibility index (Phi) is 4.65. The van der Waals surface area contributed by atoms with E-state index in [1.807, 2.05) is 0 Å². The maximum Gasteiger partial charge on any atom is 0.423 e. The van der Waals surface area contributed by atoms with Gasteiger partial charge in [-0.3, -0.25) is 0 Å². The van der Waals surface area contributed by atoms with Crippen LogP contribution in [0.15, 0.2) is 36.8 Å². The molecule has 26 heavy (non-hydrogen) atoms. The molecule has 0 saturated heterocycles. The number of benzene rings is 1. The highest BCUT2D eigenvalue weighted by Gasteiger charge is 2.42. The lowest BCUT2D eigenvalue weighted by Gasteiger charge is -2.29. The Hall–Kier alpha value is -2.20. The molecule has 0 aliphatic heterocycles. The summed E-state index contributed by atoms with van der Waals surface area (Å²) in [5.74, 6) is -0.614. The Labute approximate surface area is 148 Å². The molecule has 2 aromatic rings. The number of likely N-dealkylation sites (N-methyl/N-ethyl adjacent to an activating group) is 1. The minimum absolute atomic E-state index is 0.266. The second-order valence-electron chi connectivity index (χ2n) is 6.02. The van der Waals surface area contributed by atoms with Crippen LogP contribution in [0, 0.1) is 0 Å². The van der Waals surface area contributed by atoms with E-state index in [0.717, 1.165) is 22.5 Å². The van der Waals surface area contributed by atoms with E-state index in [-0.39, 0.29) is 6.42 Å². The highest BCUT2D eigenvalue weighted by molar-refractivity contribution is 7.88. The summed E-state index contributed by atoms with van der Waals surface area (Å²) in [7, 11) is -2.22. The smallest absolute Gasteiger partial charge is 0.423 e. The molecule has 0 fully saturated rings. The molecule has 3 rings (SSSR count). The molecule has 2 atom stereocenters. The zero-order valence-corrected chi connectivity index (χ0v) is 14.8. The average molecular weight is 387 g/mol. The van der Waals surface area contributed by atoms with Gasteiger partial charge in [0, 0.05) is 19.7 Å². The van der Waals surface area contributed by atoms with Crippen molar-refractivity contribution in [3.8, 4) is 5.88 Å². The van der Waals surface area contributed by atoms with Crippen LogP contribution in [0.1, 0.15) is 22.7 Å². The number of aromatic nitrogens is 2. The van der Waals surface area contributed by atoms with Crippen LogP contribution >= 0.6 is 0 Å². The Morgan fingerprint density at radius 3 is 2.62 bits per heavy atom. The number of alkyl halides is 3. The first-order chi connectivity index (χ1) is 12.1. The van der Waals surface area contributed by atoms with Gasteiger partial charge in [0.2, 0.25) is 15.9 Å². The fourth-order valence-electron chi connectivity index (χ4n) is 3.03. The maximum atomic E-state index is 13.2. The summed E-state index contributed by atoms with van der Waals surface area (Å²) in [6, 6.07) is 6.32. The van der Waals surface area contributed by atoms with Crippen LogP contribution in [0.25, 0.3) is 0 Å². The summed E-state index contributed by atoms with van der Waals surface area (Å²) in [4.78, 5) is 7.01. The van der Waals surface area contributed by atoms with Gasteiger partial charge < -0.3 is 4.74 Å². The normalized spacial score (nSPS) is 20.2. The number of nitrogens with zero attached hydrogens (tertiary/aromatic N) is 3. The fraction of sp³-hybridized carbons (Fsp3) is 0.375. The SMILES string of the molecule is CN([C@@H]1c2ccccc2C[C@H]1Oc1ncncc1C(F)(F)F)S(C)(=O)=O. The van der Waals surface area contributed by atoms with Gasteiger partial charge in [0.1, 0.15) is 18.0 Å². The minimum atomic E-state index is -4.68. The summed E-state index contributed by atoms with van der Waals surface area (Å²) in [6.07, 6.45) is -2.62. The van der Waals surface area contributed by atoms with Gasteiger partial charge in [-0.1, -0.05) is 24.3 Å². The van der Waals surface area contributed by atoms with Crippen LogP contribution in [0.4, 0.5) is 13.2 Å². The van der Waals surface area contributed by atoms with Gasteiger partial charge in [-0.15, -0.1) is 0 Å². The molecule has 6 nitrogen and oxygen atoms in total. The Morgan fingerprint density at radius 1 is 1.27 bits per heavy atom. The first-order valence-corrected chi connectivity index (χ1v) is 9.48. The van der Waals surface area contributed by atoms with Crippen molar-refractivity contribution in [2.75, 3.05) is 13.3 Å². The third kappa shape index (κ3) is 3.51. The predicted molar refractivity (Wildman–Crippen MR) is 86.9 cm³/mol. The molecule has 0 unspecified atom stereocenters. The van der Waals surface area contributed by atoms with Crippen molar-refractivity contribution in [1.29, 1.82) is 0 Å². The first kappa shape index (κ1) is 18.6. The minimum Gasteiger partial charge on any atom is -0.471 e. The molecular weight excluding hydrogens is 371 g/mol. The Morgan fingerprint density at radius 2 is 1.96 bits per heavy atom. The van der Waals surface area contributed by atoms with Crippen molar-refractivity contribution < 1.29 is 26.3 Å². The fourth-order valence-corrected chi connectivity index (χ4v) is 3.69. The summed E-state index contributed by atoms with van der Waals surface area (Å²) in [5, 5.41) is 0. The van der Waals surface area contributed by atoms with Crippen molar-refractivity contribution in [2.45, 2.75) is 24.7 Å². The third-order valence-electron chi connectivity index (χ3n) is 4.31. The lowest BCUT2D eigenvalue weighted by molar-refractivity contribution is -0.140. The zero-order chi connectivity index (χ0) is 19.1. The van der Waals surface area contributed by atoms with Crippen molar-refractivity contribution >= 4 is 10.0 Å². The number of rotatable bonds is 4. The van der Waals surface area contributed by atoms with Gasteiger partial charge >= 0.3 is 6.18 Å². The molecule has 1 aromatic heterocycles. The van der Waals surface area contributed by atoms with Crippen molar-refractivity contribution in [3.05, 3.63) is 53.5 Å². The summed E-state index contributed by atoms with van der Waals surface area (Å²) in [6.45, 7) is 0. The van der Waals surface area contributed by atoms with E-state index in [1.54, 1.807) is 24.3 Å². The highest BCUT2D eigenvalue weighted by Crippen LogP contribution is 2.40. The summed E-state index contributed by atoms with van der Waals surface area (Å²) in [5.41, 5.74) is 0.422. The van der Waals surface area contributed by atoms with Gasteiger partial charge in [-0.25, -0.2) is 18.4 Å². The number of halogens is 3. The van der Waals surface area contributed by atoms with E-state index in [0.29, 0.717) is 11.8 Å². The number of hydrogen-bond acceptors (Lipinski definition) is 5. The molecule has 0 spiro atoms. The van der Waals surface area contributed by atoms with E-state index in [9.17, 15) is 21.6 Å². The van der Waals surface area contributed by atoms with E-state index < -0.39 is 39.8 Å². The third-order valence-corrected chi connectivity index (χ3v) is 5.58. The highest BCUT2D eigenvalue weighted by atomic mass is 32.2. The molecular formula is C16H16F3N3O3S. The largest absolute Gasteiger partial charge is 0.471 e. The molecule has 1 aromatic carbocycles. The van der Waals surface area contributed by atoms with E-state index in [4.69, 9.17) is 4.74 Å². The summed E-state index contributed by atoms with van der Waals surface area (Å²) >= 11 is 0. The average Bonchev–Trinajstić information content (AvgIpc) is 2.90. The van der Waals surface area contributed by atoms with Gasteiger partial charge in [-0.2, -0.15) is 17.5 Å². The number of hydrogen-bond donors (Lipinski definition) is 0. The topological polar surface area (TPSA) is 72.4 Å². The first-order valence-electron chi connectivity index (χ1n) is 7.63. The van der Waals surface area contributed by atoms with Crippen LogP contribution in [0.5, 0.6) is 5.88 Å². The van der Waals surface area contributed by atoms with Crippen molar-refractivity contribution in [1.82, 2.24) is 14.3 Å². The van der Waals surface area contributed by atoms with Crippen LogP contribution in [-0.2, 0) is 22.6 Å². The molecule has 0 radical (unpaired) electrons. The van der Waals surface area contributed by atoms with Crippen LogP contribution < -0.4 is 4.74 Å². The van der Waals surface area contributed by atoms with E-state index in [2.05, 4.69) is 9.97 Å². The second kappa shape index (κ2) is 6.51. The number of sulfonamides is 1. The quantitative estimate of drug-likeness (QED) is 0.806. The van der Waals surface area contributed by atoms with Gasteiger partial charge in [0.15, 0.2) is 0 Å². The lowest BCUT2D eigenvalue weighted by atomic mass is 10.1. The van der Waals surface area contributed by atoms with Crippen molar-refractivity contribution in [2.24, 2.45) is 0 Å². The van der Waals surface area contributed by atoms with Gasteiger partial charge in [0.05, 0.1) is 12.3 Å². The zero-order valence-electron chi connectivity index (χ0n) is 13.9. The molecule has 0 N–H and O–H groups in total. The molecule has 0 saturated carbocycles. The number of ether oxygens (including phenoxy) is 1. The summed E-state index contributed by atoms with van der Waals surface area (Å²) < 4.78 is 70.2.